The lowest BCUT2D eigenvalue weighted by Crippen LogP contribution is -2.20. The number of anilines is 1. The third-order valence-electron chi connectivity index (χ3n) is 3.38. The van der Waals surface area contributed by atoms with Gasteiger partial charge in [-0.05, 0) is 37.1 Å². The van der Waals surface area contributed by atoms with Crippen molar-refractivity contribution in [3.8, 4) is 5.69 Å². The number of rotatable bonds is 2. The predicted molar refractivity (Wildman–Crippen MR) is 72.4 cm³/mol. The van der Waals surface area contributed by atoms with E-state index < -0.39 is 0 Å². The summed E-state index contributed by atoms with van der Waals surface area (Å²) in [4.78, 5) is 12.2. The zero-order valence-electron chi connectivity index (χ0n) is 10.1. The van der Waals surface area contributed by atoms with Crippen LogP contribution in [-0.4, -0.2) is 9.36 Å². The highest BCUT2D eigenvalue weighted by atomic mass is 35.5. The number of nitrogen functional groups attached to an aromatic ring is 1. The van der Waals surface area contributed by atoms with E-state index in [1.54, 1.807) is 16.8 Å². The van der Waals surface area contributed by atoms with Crippen LogP contribution < -0.4 is 11.3 Å². The lowest BCUT2D eigenvalue weighted by Gasteiger charge is -2.09. The zero-order chi connectivity index (χ0) is 12.9. The smallest absolute Gasteiger partial charge is 0.294 e. The summed E-state index contributed by atoms with van der Waals surface area (Å²) in [6.07, 6.45) is 2.23. The molecule has 1 aromatic heterocycles. The summed E-state index contributed by atoms with van der Waals surface area (Å²) in [6, 6.07) is 7.17. The summed E-state index contributed by atoms with van der Waals surface area (Å²) in [5.74, 6) is 0.441. The van der Waals surface area contributed by atoms with Gasteiger partial charge in [-0.25, -0.2) is 4.68 Å². The number of benzene rings is 1. The molecule has 1 aliphatic carbocycles. The SMILES string of the molecule is Cn1c(C2CC2)c(N)c(=O)n1-c1ccc(Cl)cc1. The standard InChI is InChI=1S/C13H14ClN3O/c1-16-12(8-2-3-8)11(15)13(18)17(16)10-6-4-9(14)5-7-10/h4-8H,2-3,15H2,1H3. The average molecular weight is 264 g/mol. The van der Waals surface area contributed by atoms with Gasteiger partial charge in [-0.2, -0.15) is 0 Å². The summed E-state index contributed by atoms with van der Waals surface area (Å²) in [7, 11) is 1.88. The van der Waals surface area contributed by atoms with Gasteiger partial charge >= 0.3 is 0 Å². The van der Waals surface area contributed by atoms with Gasteiger partial charge in [-0.1, -0.05) is 11.6 Å². The molecular formula is C13H14ClN3O. The Morgan fingerprint density at radius 1 is 1.28 bits per heavy atom. The van der Waals surface area contributed by atoms with E-state index in [0.29, 0.717) is 16.6 Å². The first-order valence-electron chi connectivity index (χ1n) is 5.93. The van der Waals surface area contributed by atoms with E-state index >= 15 is 0 Å². The highest BCUT2D eigenvalue weighted by Gasteiger charge is 2.31. The Labute approximate surface area is 110 Å². The molecule has 1 aliphatic rings. The van der Waals surface area contributed by atoms with Crippen molar-refractivity contribution >= 4 is 17.3 Å². The Kier molecular flexibility index (Phi) is 2.48. The first-order valence-corrected chi connectivity index (χ1v) is 6.30. The van der Waals surface area contributed by atoms with E-state index in [2.05, 4.69) is 0 Å². The molecule has 0 saturated heterocycles. The van der Waals surface area contributed by atoms with Gasteiger partial charge < -0.3 is 5.73 Å². The maximum Gasteiger partial charge on any atom is 0.294 e. The number of hydrogen-bond acceptors (Lipinski definition) is 2. The second-order valence-corrected chi connectivity index (χ2v) is 5.13. The summed E-state index contributed by atoms with van der Waals surface area (Å²) in [6.45, 7) is 0. The number of halogens is 1. The molecule has 0 unspecified atom stereocenters. The molecule has 0 radical (unpaired) electrons. The fourth-order valence-corrected chi connectivity index (χ4v) is 2.48. The van der Waals surface area contributed by atoms with Gasteiger partial charge in [0.15, 0.2) is 0 Å². The maximum absolute atomic E-state index is 12.2. The molecule has 0 aliphatic heterocycles. The minimum absolute atomic E-state index is 0.151. The van der Waals surface area contributed by atoms with Crippen molar-refractivity contribution in [2.45, 2.75) is 18.8 Å². The molecule has 2 N–H and O–H groups in total. The minimum atomic E-state index is -0.151. The molecule has 0 atom stereocenters. The van der Waals surface area contributed by atoms with Crippen molar-refractivity contribution in [3.63, 3.8) is 0 Å². The van der Waals surface area contributed by atoms with Gasteiger partial charge in [-0.3, -0.25) is 9.48 Å². The Morgan fingerprint density at radius 2 is 1.89 bits per heavy atom. The quantitative estimate of drug-likeness (QED) is 0.904. The third-order valence-corrected chi connectivity index (χ3v) is 3.63. The van der Waals surface area contributed by atoms with Crippen molar-refractivity contribution in [1.29, 1.82) is 0 Å². The number of hydrogen-bond donors (Lipinski definition) is 1. The summed E-state index contributed by atoms with van der Waals surface area (Å²) in [5.41, 5.74) is 7.89. The molecule has 1 saturated carbocycles. The van der Waals surface area contributed by atoms with Crippen LogP contribution in [0.4, 0.5) is 5.69 Å². The van der Waals surface area contributed by atoms with E-state index in [0.717, 1.165) is 24.2 Å². The molecule has 18 heavy (non-hydrogen) atoms. The monoisotopic (exact) mass is 263 g/mol. The fraction of sp³-hybridized carbons (Fsp3) is 0.308. The molecule has 0 spiro atoms. The Hall–Kier alpha value is -1.68. The van der Waals surface area contributed by atoms with Gasteiger partial charge in [-0.15, -0.1) is 0 Å². The van der Waals surface area contributed by atoms with Crippen LogP contribution in [0.1, 0.15) is 24.5 Å². The molecule has 94 valence electrons. The summed E-state index contributed by atoms with van der Waals surface area (Å²) < 4.78 is 3.46. The largest absolute Gasteiger partial charge is 0.393 e. The Bertz CT molecular complexity index is 650. The van der Waals surface area contributed by atoms with Crippen LogP contribution in [0.5, 0.6) is 0 Å². The zero-order valence-corrected chi connectivity index (χ0v) is 10.8. The van der Waals surface area contributed by atoms with E-state index in [1.165, 1.54) is 0 Å². The first-order chi connectivity index (χ1) is 8.59. The lowest BCUT2D eigenvalue weighted by atomic mass is 10.2. The van der Waals surface area contributed by atoms with E-state index in [-0.39, 0.29) is 5.56 Å². The van der Waals surface area contributed by atoms with E-state index in [9.17, 15) is 4.79 Å². The minimum Gasteiger partial charge on any atom is -0.393 e. The molecule has 1 fully saturated rings. The molecule has 1 aromatic carbocycles. The van der Waals surface area contributed by atoms with Crippen molar-refractivity contribution in [3.05, 3.63) is 45.3 Å². The van der Waals surface area contributed by atoms with Crippen LogP contribution >= 0.6 is 11.6 Å². The molecule has 2 aromatic rings. The van der Waals surface area contributed by atoms with Gasteiger partial charge in [0.25, 0.3) is 5.56 Å². The van der Waals surface area contributed by atoms with Crippen LogP contribution in [-0.2, 0) is 7.05 Å². The van der Waals surface area contributed by atoms with Crippen LogP contribution in [0.2, 0.25) is 5.02 Å². The van der Waals surface area contributed by atoms with Crippen LogP contribution in [0.3, 0.4) is 0 Å². The van der Waals surface area contributed by atoms with E-state index in [1.807, 2.05) is 23.9 Å². The average Bonchev–Trinajstić information content (AvgIpc) is 3.13. The maximum atomic E-state index is 12.2. The van der Waals surface area contributed by atoms with Crippen LogP contribution in [0, 0.1) is 0 Å². The molecule has 1 heterocycles. The fourth-order valence-electron chi connectivity index (χ4n) is 2.36. The number of nitrogens with zero attached hydrogens (tertiary/aromatic N) is 2. The summed E-state index contributed by atoms with van der Waals surface area (Å²) in [5, 5.41) is 0.649. The highest BCUT2D eigenvalue weighted by Crippen LogP contribution is 2.41. The second-order valence-electron chi connectivity index (χ2n) is 4.69. The Balaban J connectivity index is 2.20. The van der Waals surface area contributed by atoms with Crippen LogP contribution in [0.15, 0.2) is 29.1 Å². The van der Waals surface area contributed by atoms with Crippen molar-refractivity contribution in [1.82, 2.24) is 9.36 Å². The van der Waals surface area contributed by atoms with Gasteiger partial charge in [0, 0.05) is 18.0 Å². The molecule has 0 bridgehead atoms. The highest BCUT2D eigenvalue weighted by molar-refractivity contribution is 6.30. The predicted octanol–water partition coefficient (Wildman–Crippen LogP) is 2.29. The first kappa shape index (κ1) is 11.4. The Morgan fingerprint density at radius 3 is 2.44 bits per heavy atom. The normalized spacial score (nSPS) is 15.0. The molecular weight excluding hydrogens is 250 g/mol. The third kappa shape index (κ3) is 1.64. The van der Waals surface area contributed by atoms with Crippen LogP contribution in [0.25, 0.3) is 5.69 Å². The second kappa shape index (κ2) is 3.92. The van der Waals surface area contributed by atoms with Gasteiger partial charge in [0.1, 0.15) is 5.69 Å². The van der Waals surface area contributed by atoms with Crippen molar-refractivity contribution < 1.29 is 0 Å². The van der Waals surface area contributed by atoms with Crippen molar-refractivity contribution in [2.24, 2.45) is 7.05 Å². The summed E-state index contributed by atoms with van der Waals surface area (Å²) >= 11 is 5.86. The molecule has 4 nitrogen and oxygen atoms in total. The topological polar surface area (TPSA) is 52.9 Å². The molecule has 0 amide bonds. The molecule has 3 rings (SSSR count). The van der Waals surface area contributed by atoms with Crippen molar-refractivity contribution in [2.75, 3.05) is 5.73 Å². The van der Waals surface area contributed by atoms with E-state index in [4.69, 9.17) is 17.3 Å². The van der Waals surface area contributed by atoms with Gasteiger partial charge in [0.05, 0.1) is 11.4 Å². The number of nitrogens with two attached hydrogens (primary N) is 1. The van der Waals surface area contributed by atoms with Gasteiger partial charge in [0.2, 0.25) is 0 Å². The molecule has 5 heteroatoms. The number of aromatic nitrogens is 2. The lowest BCUT2D eigenvalue weighted by molar-refractivity contribution is 0.616.